The van der Waals surface area contributed by atoms with Crippen molar-refractivity contribution in [1.29, 1.82) is 0 Å². The van der Waals surface area contributed by atoms with Crippen molar-refractivity contribution in [2.75, 3.05) is 0 Å². The van der Waals surface area contributed by atoms with Gasteiger partial charge in [-0.25, -0.2) is 14.3 Å². The lowest BCUT2D eigenvalue weighted by Gasteiger charge is -2.08. The summed E-state index contributed by atoms with van der Waals surface area (Å²) in [5.74, 6) is 0.327. The fourth-order valence-corrected chi connectivity index (χ4v) is 2.27. The number of aromatic nitrogens is 3. The van der Waals surface area contributed by atoms with Crippen molar-refractivity contribution >= 4 is 11.6 Å². The smallest absolute Gasteiger partial charge is 0.404 e. The molecular formula is C15H14N4O3. The number of amides is 1. The second kappa shape index (κ2) is 5.82. The number of carbonyl (C=O) groups is 1. The Kier molecular flexibility index (Phi) is 3.71. The van der Waals surface area contributed by atoms with Gasteiger partial charge in [0.25, 0.3) is 0 Å². The predicted molar refractivity (Wildman–Crippen MR) is 79.2 cm³/mol. The lowest BCUT2D eigenvalue weighted by atomic mass is 10.1. The molecule has 0 spiro atoms. The molecule has 2 heterocycles. The van der Waals surface area contributed by atoms with Crippen LogP contribution < -0.4 is 5.32 Å². The normalized spacial score (nSPS) is 10.8. The number of nitrogens with one attached hydrogen (secondary N) is 1. The zero-order chi connectivity index (χ0) is 15.5. The number of hydrogen-bond acceptors (Lipinski definition) is 4. The average molecular weight is 298 g/mol. The SMILES string of the molecule is O=C(O)NCc1cccc(-c2nc(CO)nn3cccc23)c1. The lowest BCUT2D eigenvalue weighted by molar-refractivity contribution is 0.194. The minimum Gasteiger partial charge on any atom is -0.465 e. The molecule has 0 atom stereocenters. The van der Waals surface area contributed by atoms with Crippen LogP contribution in [-0.2, 0) is 13.2 Å². The van der Waals surface area contributed by atoms with E-state index in [9.17, 15) is 9.90 Å². The van der Waals surface area contributed by atoms with E-state index in [1.54, 1.807) is 10.7 Å². The molecule has 0 aliphatic heterocycles. The van der Waals surface area contributed by atoms with E-state index in [1.165, 1.54) is 0 Å². The maximum Gasteiger partial charge on any atom is 0.404 e. The molecule has 0 unspecified atom stereocenters. The van der Waals surface area contributed by atoms with Gasteiger partial charge in [-0.1, -0.05) is 18.2 Å². The highest BCUT2D eigenvalue weighted by Gasteiger charge is 2.10. The number of carboxylic acid groups (broad SMARTS) is 1. The number of rotatable bonds is 4. The minimum absolute atomic E-state index is 0.221. The molecule has 0 saturated heterocycles. The van der Waals surface area contributed by atoms with E-state index in [2.05, 4.69) is 15.4 Å². The molecule has 3 N–H and O–H groups in total. The molecule has 0 saturated carbocycles. The van der Waals surface area contributed by atoms with Gasteiger partial charge in [0.1, 0.15) is 6.61 Å². The third-order valence-corrected chi connectivity index (χ3v) is 3.22. The molecule has 0 fully saturated rings. The van der Waals surface area contributed by atoms with Gasteiger partial charge in [-0.15, -0.1) is 0 Å². The third kappa shape index (κ3) is 2.75. The fraction of sp³-hybridized carbons (Fsp3) is 0.133. The Hall–Kier alpha value is -2.93. The number of aliphatic hydroxyl groups excluding tert-OH is 1. The van der Waals surface area contributed by atoms with Gasteiger partial charge in [0, 0.05) is 18.3 Å². The summed E-state index contributed by atoms with van der Waals surface area (Å²) in [6, 6.07) is 11.2. The molecule has 1 amide bonds. The number of fused-ring (bicyclic) bond motifs is 1. The van der Waals surface area contributed by atoms with Crippen LogP contribution in [0.1, 0.15) is 11.4 Å². The van der Waals surface area contributed by atoms with E-state index in [-0.39, 0.29) is 13.2 Å². The first kappa shape index (κ1) is 14.0. The van der Waals surface area contributed by atoms with Crippen LogP contribution in [0.5, 0.6) is 0 Å². The van der Waals surface area contributed by atoms with Gasteiger partial charge in [0.05, 0.1) is 11.2 Å². The summed E-state index contributed by atoms with van der Waals surface area (Å²) in [5, 5.41) is 24.5. The maximum atomic E-state index is 10.6. The monoisotopic (exact) mass is 298 g/mol. The number of nitrogens with zero attached hydrogens (tertiary/aromatic N) is 3. The van der Waals surface area contributed by atoms with Crippen LogP contribution in [0, 0.1) is 0 Å². The first-order valence-electron chi connectivity index (χ1n) is 6.68. The highest BCUT2D eigenvalue weighted by atomic mass is 16.4. The van der Waals surface area contributed by atoms with Crippen LogP contribution in [-0.4, -0.2) is 30.9 Å². The molecule has 3 aromatic rings. The second-order valence-electron chi connectivity index (χ2n) is 4.73. The molecule has 112 valence electrons. The van der Waals surface area contributed by atoms with Crippen LogP contribution in [0.15, 0.2) is 42.6 Å². The first-order chi connectivity index (χ1) is 10.7. The molecule has 1 aromatic carbocycles. The van der Waals surface area contributed by atoms with Gasteiger partial charge in [-0.2, -0.15) is 5.10 Å². The van der Waals surface area contributed by atoms with E-state index < -0.39 is 6.09 Å². The molecule has 22 heavy (non-hydrogen) atoms. The van der Waals surface area contributed by atoms with E-state index in [0.29, 0.717) is 11.5 Å². The topological polar surface area (TPSA) is 99.8 Å². The lowest BCUT2D eigenvalue weighted by Crippen LogP contribution is -2.19. The van der Waals surface area contributed by atoms with Crippen LogP contribution in [0.25, 0.3) is 16.8 Å². The van der Waals surface area contributed by atoms with Gasteiger partial charge in [0.15, 0.2) is 5.82 Å². The van der Waals surface area contributed by atoms with Crippen LogP contribution in [0.3, 0.4) is 0 Å². The summed E-state index contributed by atoms with van der Waals surface area (Å²) in [7, 11) is 0. The Morgan fingerprint density at radius 3 is 2.91 bits per heavy atom. The average Bonchev–Trinajstić information content (AvgIpc) is 3.00. The van der Waals surface area contributed by atoms with Crippen molar-refractivity contribution in [3.8, 4) is 11.3 Å². The Balaban J connectivity index is 2.05. The summed E-state index contributed by atoms with van der Waals surface area (Å²) in [6.45, 7) is -0.0280. The minimum atomic E-state index is -1.07. The van der Waals surface area contributed by atoms with Crippen molar-refractivity contribution in [2.45, 2.75) is 13.2 Å². The maximum absolute atomic E-state index is 10.6. The van der Waals surface area contributed by atoms with Gasteiger partial charge >= 0.3 is 6.09 Å². The van der Waals surface area contributed by atoms with Crippen molar-refractivity contribution in [1.82, 2.24) is 19.9 Å². The Bertz CT molecular complexity index is 829. The van der Waals surface area contributed by atoms with E-state index in [4.69, 9.17) is 5.11 Å². The molecular weight excluding hydrogens is 284 g/mol. The number of benzene rings is 1. The summed E-state index contributed by atoms with van der Waals surface area (Å²) in [5.41, 5.74) is 3.18. The highest BCUT2D eigenvalue weighted by Crippen LogP contribution is 2.23. The molecule has 0 radical (unpaired) electrons. The molecule has 0 aliphatic rings. The second-order valence-corrected chi connectivity index (χ2v) is 4.73. The number of aliphatic hydroxyl groups is 1. The van der Waals surface area contributed by atoms with Gasteiger partial charge in [0.2, 0.25) is 0 Å². The standard InChI is InChI=1S/C15H14N4O3/c20-9-13-17-14(12-5-2-6-19(12)18-13)11-4-1-3-10(7-11)8-16-15(21)22/h1-7,16,20H,8-9H2,(H,21,22). The summed E-state index contributed by atoms with van der Waals surface area (Å²) in [6.07, 6.45) is 0.721. The van der Waals surface area contributed by atoms with E-state index in [1.807, 2.05) is 36.4 Å². The van der Waals surface area contributed by atoms with Gasteiger partial charge in [-0.05, 0) is 23.8 Å². The largest absolute Gasteiger partial charge is 0.465 e. The fourth-order valence-electron chi connectivity index (χ4n) is 2.27. The number of hydrogen-bond donors (Lipinski definition) is 3. The molecule has 7 nitrogen and oxygen atoms in total. The summed E-state index contributed by atoms with van der Waals surface area (Å²) >= 11 is 0. The molecule has 0 bridgehead atoms. The molecule has 0 aliphatic carbocycles. The van der Waals surface area contributed by atoms with Crippen LogP contribution >= 0.6 is 0 Å². The van der Waals surface area contributed by atoms with Crippen LogP contribution in [0.2, 0.25) is 0 Å². The van der Waals surface area contributed by atoms with Crippen molar-refractivity contribution in [2.24, 2.45) is 0 Å². The zero-order valence-electron chi connectivity index (χ0n) is 11.6. The van der Waals surface area contributed by atoms with E-state index in [0.717, 1.165) is 16.6 Å². The molecule has 2 aromatic heterocycles. The van der Waals surface area contributed by atoms with Gasteiger partial charge < -0.3 is 15.5 Å². The third-order valence-electron chi connectivity index (χ3n) is 3.22. The van der Waals surface area contributed by atoms with Gasteiger partial charge in [-0.3, -0.25) is 0 Å². The van der Waals surface area contributed by atoms with E-state index >= 15 is 0 Å². The van der Waals surface area contributed by atoms with Crippen molar-refractivity contribution < 1.29 is 15.0 Å². The van der Waals surface area contributed by atoms with Crippen molar-refractivity contribution in [3.05, 3.63) is 54.0 Å². The Labute approximate surface area is 125 Å². The first-order valence-corrected chi connectivity index (χ1v) is 6.68. The summed E-state index contributed by atoms with van der Waals surface area (Å²) in [4.78, 5) is 15.0. The predicted octanol–water partition coefficient (Wildman–Crippen LogP) is 1.66. The Morgan fingerprint density at radius 2 is 2.14 bits per heavy atom. The highest BCUT2D eigenvalue weighted by molar-refractivity contribution is 5.77. The quantitative estimate of drug-likeness (QED) is 0.680. The Morgan fingerprint density at radius 1 is 1.27 bits per heavy atom. The van der Waals surface area contributed by atoms with Crippen LogP contribution in [0.4, 0.5) is 4.79 Å². The van der Waals surface area contributed by atoms with Crippen molar-refractivity contribution in [3.63, 3.8) is 0 Å². The summed E-state index contributed by atoms with van der Waals surface area (Å²) < 4.78 is 1.66. The molecule has 3 rings (SSSR count). The zero-order valence-corrected chi connectivity index (χ0v) is 11.6. The molecule has 7 heteroatoms.